The number of ether oxygens (including phenoxy) is 3. The number of nitrogens with two attached hydrogens (primary N) is 1. The third-order valence-electron chi connectivity index (χ3n) is 6.44. The SMILES string of the molecule is COc1cnc2[nH]cc(C(=O)c3ccc(Oc4c(F)cccc4F)cc3F)c2c1N[C@@H]1CC[C@@H](CN)OC1. The minimum Gasteiger partial charge on any atom is -0.493 e. The summed E-state index contributed by atoms with van der Waals surface area (Å²) in [7, 11) is 1.49. The highest BCUT2D eigenvalue weighted by Crippen LogP contribution is 2.37. The molecule has 0 aliphatic carbocycles. The van der Waals surface area contributed by atoms with Crippen molar-refractivity contribution in [2.75, 3.05) is 25.6 Å². The van der Waals surface area contributed by atoms with Crippen molar-refractivity contribution < 1.29 is 32.2 Å². The number of hydrogen-bond donors (Lipinski definition) is 3. The monoisotopic (exact) mass is 526 g/mol. The van der Waals surface area contributed by atoms with Crippen LogP contribution in [0.25, 0.3) is 11.0 Å². The molecule has 198 valence electrons. The van der Waals surface area contributed by atoms with Crippen molar-refractivity contribution >= 4 is 22.5 Å². The lowest BCUT2D eigenvalue weighted by atomic mass is 10.0. The average Bonchev–Trinajstić information content (AvgIpc) is 3.36. The van der Waals surface area contributed by atoms with Gasteiger partial charge in [0.25, 0.3) is 0 Å². The number of pyridine rings is 1. The fourth-order valence-electron chi connectivity index (χ4n) is 4.45. The molecule has 0 bridgehead atoms. The van der Waals surface area contributed by atoms with Gasteiger partial charge in [-0.15, -0.1) is 0 Å². The van der Waals surface area contributed by atoms with Gasteiger partial charge in [-0.3, -0.25) is 4.79 Å². The zero-order valence-corrected chi connectivity index (χ0v) is 20.4. The van der Waals surface area contributed by atoms with Crippen LogP contribution in [-0.2, 0) is 4.74 Å². The molecule has 1 aliphatic heterocycles. The number of benzene rings is 2. The molecule has 1 saturated heterocycles. The molecule has 0 spiro atoms. The van der Waals surface area contributed by atoms with E-state index in [0.29, 0.717) is 35.6 Å². The molecule has 2 aromatic heterocycles. The lowest BCUT2D eigenvalue weighted by molar-refractivity contribution is 0.0153. The van der Waals surface area contributed by atoms with Crippen molar-refractivity contribution in [2.45, 2.75) is 25.0 Å². The summed E-state index contributed by atoms with van der Waals surface area (Å²) in [6.07, 6.45) is 4.55. The zero-order valence-electron chi connectivity index (χ0n) is 20.4. The number of nitrogens with zero attached hydrogens (tertiary/aromatic N) is 1. The molecule has 8 nitrogen and oxygen atoms in total. The van der Waals surface area contributed by atoms with E-state index in [1.807, 2.05) is 0 Å². The fraction of sp³-hybridized carbons (Fsp3) is 0.259. The number of rotatable bonds is 8. The summed E-state index contributed by atoms with van der Waals surface area (Å²) in [6, 6.07) is 6.53. The quantitative estimate of drug-likeness (QED) is 0.279. The lowest BCUT2D eigenvalue weighted by Gasteiger charge is -2.30. The first-order valence-corrected chi connectivity index (χ1v) is 12.0. The van der Waals surface area contributed by atoms with Crippen molar-refractivity contribution in [3.8, 4) is 17.2 Å². The Labute approximate surface area is 215 Å². The second-order valence-electron chi connectivity index (χ2n) is 8.86. The van der Waals surface area contributed by atoms with Crippen LogP contribution in [0.3, 0.4) is 0 Å². The van der Waals surface area contributed by atoms with Gasteiger partial charge in [0.15, 0.2) is 28.9 Å². The predicted octanol–water partition coefficient (Wildman–Crippen LogP) is 4.93. The van der Waals surface area contributed by atoms with E-state index in [4.69, 9.17) is 19.9 Å². The van der Waals surface area contributed by atoms with Crippen LogP contribution in [0, 0.1) is 17.5 Å². The summed E-state index contributed by atoms with van der Waals surface area (Å²) in [4.78, 5) is 20.8. The molecule has 0 unspecified atom stereocenters. The molecule has 4 aromatic rings. The summed E-state index contributed by atoms with van der Waals surface area (Å²) >= 11 is 0. The molecule has 5 rings (SSSR count). The Balaban J connectivity index is 1.46. The van der Waals surface area contributed by atoms with Gasteiger partial charge < -0.3 is 30.2 Å². The largest absolute Gasteiger partial charge is 0.493 e. The van der Waals surface area contributed by atoms with Gasteiger partial charge >= 0.3 is 0 Å². The maximum Gasteiger partial charge on any atom is 0.198 e. The van der Waals surface area contributed by atoms with Crippen molar-refractivity contribution in [3.05, 3.63) is 77.4 Å². The molecule has 3 heterocycles. The second kappa shape index (κ2) is 10.7. The molecule has 4 N–H and O–H groups in total. The molecule has 38 heavy (non-hydrogen) atoms. The number of fused-ring (bicyclic) bond motifs is 1. The summed E-state index contributed by atoms with van der Waals surface area (Å²) in [5, 5.41) is 3.83. The van der Waals surface area contributed by atoms with Crippen molar-refractivity contribution in [1.29, 1.82) is 0 Å². The Hall–Kier alpha value is -4.09. The third-order valence-corrected chi connectivity index (χ3v) is 6.44. The van der Waals surface area contributed by atoms with E-state index in [0.717, 1.165) is 31.0 Å². The molecule has 1 fully saturated rings. The van der Waals surface area contributed by atoms with E-state index in [2.05, 4.69) is 15.3 Å². The number of nitrogens with one attached hydrogen (secondary N) is 2. The lowest BCUT2D eigenvalue weighted by Crippen LogP contribution is -2.38. The highest BCUT2D eigenvalue weighted by atomic mass is 19.1. The van der Waals surface area contributed by atoms with Crippen LogP contribution in [0.4, 0.5) is 18.9 Å². The first-order chi connectivity index (χ1) is 18.4. The molecular weight excluding hydrogens is 501 g/mol. The van der Waals surface area contributed by atoms with E-state index in [-0.39, 0.29) is 29.0 Å². The number of ketones is 1. The molecule has 0 amide bonds. The standard InChI is InChI=1S/C27H25F3N4O4/c1-36-22-12-33-27-23(24(22)34-14-5-6-16(10-31)37-13-14)18(11-32-27)25(35)17-8-7-15(9-21(17)30)38-26-19(28)3-2-4-20(26)29/h2-4,7-9,11-12,14,16H,5-6,10,13,31H2,1H3,(H2,32,33,34)/t14-,16+/m1/s1. The number of para-hydroxylation sites is 1. The molecule has 1 aliphatic rings. The Bertz CT molecular complexity index is 1460. The van der Waals surface area contributed by atoms with Crippen LogP contribution in [0.5, 0.6) is 17.2 Å². The van der Waals surface area contributed by atoms with Crippen LogP contribution < -0.4 is 20.5 Å². The molecule has 2 atom stereocenters. The minimum absolute atomic E-state index is 0.00149. The van der Waals surface area contributed by atoms with E-state index < -0.39 is 29.0 Å². The molecular formula is C27H25F3N4O4. The fourth-order valence-corrected chi connectivity index (χ4v) is 4.45. The topological polar surface area (TPSA) is 111 Å². The van der Waals surface area contributed by atoms with E-state index in [1.165, 1.54) is 37.7 Å². The summed E-state index contributed by atoms with van der Waals surface area (Å²) in [5.74, 6) is -3.85. The molecule has 11 heteroatoms. The van der Waals surface area contributed by atoms with Crippen LogP contribution in [-0.4, -0.2) is 48.2 Å². The minimum atomic E-state index is -0.937. The van der Waals surface area contributed by atoms with Gasteiger partial charge in [-0.25, -0.2) is 18.2 Å². The predicted molar refractivity (Wildman–Crippen MR) is 134 cm³/mol. The van der Waals surface area contributed by atoms with Gasteiger partial charge in [-0.1, -0.05) is 6.07 Å². The van der Waals surface area contributed by atoms with Gasteiger partial charge in [0.1, 0.15) is 17.2 Å². The number of hydrogen-bond acceptors (Lipinski definition) is 7. The smallest absolute Gasteiger partial charge is 0.198 e. The highest BCUT2D eigenvalue weighted by Gasteiger charge is 2.26. The number of H-pyrrole nitrogens is 1. The second-order valence-corrected chi connectivity index (χ2v) is 8.86. The van der Waals surface area contributed by atoms with Crippen molar-refractivity contribution in [3.63, 3.8) is 0 Å². The van der Waals surface area contributed by atoms with Crippen molar-refractivity contribution in [1.82, 2.24) is 9.97 Å². The number of halogens is 3. The number of carbonyl (C=O) groups is 1. The van der Waals surface area contributed by atoms with E-state index in [1.54, 1.807) is 0 Å². The molecule has 0 saturated carbocycles. The van der Waals surface area contributed by atoms with Gasteiger partial charge in [0.2, 0.25) is 0 Å². The van der Waals surface area contributed by atoms with Gasteiger partial charge in [-0.2, -0.15) is 0 Å². The van der Waals surface area contributed by atoms with Crippen LogP contribution >= 0.6 is 0 Å². The average molecular weight is 527 g/mol. The summed E-state index contributed by atoms with van der Waals surface area (Å²) in [5.41, 5.74) is 6.54. The Morgan fingerprint density at radius 3 is 2.61 bits per heavy atom. The van der Waals surface area contributed by atoms with Crippen LogP contribution in [0.2, 0.25) is 0 Å². The Morgan fingerprint density at radius 2 is 1.95 bits per heavy atom. The Kier molecular flexibility index (Phi) is 7.21. The number of aromatic nitrogens is 2. The molecule has 2 aromatic carbocycles. The number of aromatic amines is 1. The third kappa shape index (κ3) is 4.90. The van der Waals surface area contributed by atoms with Crippen LogP contribution in [0.15, 0.2) is 48.8 Å². The number of anilines is 1. The number of methoxy groups -OCH3 is 1. The summed E-state index contributed by atoms with van der Waals surface area (Å²) in [6.45, 7) is 0.859. The van der Waals surface area contributed by atoms with Crippen LogP contribution in [0.1, 0.15) is 28.8 Å². The van der Waals surface area contributed by atoms with E-state index >= 15 is 4.39 Å². The Morgan fingerprint density at radius 1 is 1.16 bits per heavy atom. The maximum absolute atomic E-state index is 15.1. The van der Waals surface area contributed by atoms with Crippen molar-refractivity contribution in [2.24, 2.45) is 5.73 Å². The summed E-state index contributed by atoms with van der Waals surface area (Å²) < 4.78 is 59.5. The van der Waals surface area contributed by atoms with Gasteiger partial charge in [-0.05, 0) is 37.1 Å². The van der Waals surface area contributed by atoms with Gasteiger partial charge in [0, 0.05) is 24.8 Å². The maximum atomic E-state index is 15.1. The van der Waals surface area contributed by atoms with Gasteiger partial charge in [0.05, 0.1) is 48.2 Å². The first kappa shape index (κ1) is 25.6. The number of carbonyl (C=O) groups excluding carboxylic acids is 1. The zero-order chi connectivity index (χ0) is 26.8. The van der Waals surface area contributed by atoms with E-state index in [9.17, 15) is 13.6 Å². The molecule has 0 radical (unpaired) electrons. The highest BCUT2D eigenvalue weighted by molar-refractivity contribution is 6.19. The normalized spacial score (nSPS) is 17.4. The first-order valence-electron chi connectivity index (χ1n) is 12.0.